The van der Waals surface area contributed by atoms with Crippen molar-refractivity contribution in [3.63, 3.8) is 0 Å². The summed E-state index contributed by atoms with van der Waals surface area (Å²) in [4.78, 5) is 17.6. The van der Waals surface area contributed by atoms with Gasteiger partial charge in [0.2, 0.25) is 5.91 Å². The summed E-state index contributed by atoms with van der Waals surface area (Å²) in [5.41, 5.74) is 0.870. The fraction of sp³-hybridized carbons (Fsp3) is 0.714. The van der Waals surface area contributed by atoms with Crippen LogP contribution in [0.3, 0.4) is 0 Å². The van der Waals surface area contributed by atoms with Gasteiger partial charge in [0.15, 0.2) is 5.13 Å². The van der Waals surface area contributed by atoms with E-state index >= 15 is 0 Å². The first-order valence-corrected chi connectivity index (χ1v) is 7.88. The Balaban J connectivity index is 1.92. The number of aromatic nitrogens is 1. The molecule has 2 rings (SSSR count). The SMILES string of the molecule is CCN(C(C)=O)c1nc(CNC2CC(O)C2(C)C)cs1. The molecule has 20 heavy (non-hydrogen) atoms. The number of carbonyl (C=O) groups excluding carboxylic acids is 1. The summed E-state index contributed by atoms with van der Waals surface area (Å²) in [6.07, 6.45) is 0.567. The molecule has 0 spiro atoms. The average Bonchev–Trinajstić information content (AvgIpc) is 2.83. The lowest BCUT2D eigenvalue weighted by atomic mass is 9.64. The number of nitrogens with zero attached hydrogens (tertiary/aromatic N) is 2. The number of aliphatic hydroxyl groups excluding tert-OH is 1. The molecule has 0 aliphatic heterocycles. The van der Waals surface area contributed by atoms with Gasteiger partial charge in [-0.25, -0.2) is 4.98 Å². The van der Waals surface area contributed by atoms with Gasteiger partial charge in [0.25, 0.3) is 0 Å². The molecule has 2 unspecified atom stereocenters. The van der Waals surface area contributed by atoms with E-state index in [1.54, 1.807) is 11.8 Å². The molecule has 0 bridgehead atoms. The van der Waals surface area contributed by atoms with E-state index in [-0.39, 0.29) is 17.4 Å². The first kappa shape index (κ1) is 15.4. The van der Waals surface area contributed by atoms with Gasteiger partial charge in [-0.3, -0.25) is 9.69 Å². The predicted molar refractivity (Wildman–Crippen MR) is 80.8 cm³/mol. The highest BCUT2D eigenvalue weighted by molar-refractivity contribution is 7.14. The van der Waals surface area contributed by atoms with Crippen molar-refractivity contribution in [2.24, 2.45) is 5.41 Å². The molecule has 0 saturated heterocycles. The molecule has 0 radical (unpaired) electrons. The van der Waals surface area contributed by atoms with Crippen LogP contribution in [0.2, 0.25) is 0 Å². The predicted octanol–water partition coefficient (Wildman–Crippen LogP) is 1.76. The van der Waals surface area contributed by atoms with E-state index in [4.69, 9.17) is 0 Å². The van der Waals surface area contributed by atoms with E-state index in [1.807, 2.05) is 12.3 Å². The van der Waals surface area contributed by atoms with Gasteiger partial charge in [0.05, 0.1) is 11.8 Å². The van der Waals surface area contributed by atoms with Crippen LogP contribution in [0.4, 0.5) is 5.13 Å². The quantitative estimate of drug-likeness (QED) is 0.869. The Hall–Kier alpha value is -0.980. The summed E-state index contributed by atoms with van der Waals surface area (Å²) in [6.45, 7) is 8.95. The molecule has 1 amide bonds. The number of carbonyl (C=O) groups is 1. The molecule has 2 atom stereocenters. The van der Waals surface area contributed by atoms with Gasteiger partial charge in [-0.2, -0.15) is 0 Å². The molecule has 5 nitrogen and oxygen atoms in total. The highest BCUT2D eigenvalue weighted by Gasteiger charge is 2.46. The van der Waals surface area contributed by atoms with Crippen LogP contribution in [0.1, 0.15) is 39.8 Å². The van der Waals surface area contributed by atoms with Gasteiger partial charge in [-0.1, -0.05) is 13.8 Å². The fourth-order valence-electron chi connectivity index (χ4n) is 2.47. The second-order valence-corrected chi connectivity index (χ2v) is 6.73. The molecule has 1 heterocycles. The topological polar surface area (TPSA) is 65.5 Å². The molecule has 1 aliphatic rings. The van der Waals surface area contributed by atoms with E-state index in [0.29, 0.717) is 19.1 Å². The summed E-state index contributed by atoms with van der Waals surface area (Å²) >= 11 is 1.49. The lowest BCUT2D eigenvalue weighted by Crippen LogP contribution is -2.59. The van der Waals surface area contributed by atoms with Crippen LogP contribution in [0, 0.1) is 5.41 Å². The highest BCUT2D eigenvalue weighted by atomic mass is 32.1. The summed E-state index contributed by atoms with van der Waals surface area (Å²) in [5.74, 6) is 0.0182. The van der Waals surface area contributed by atoms with Crippen LogP contribution in [0.15, 0.2) is 5.38 Å². The smallest absolute Gasteiger partial charge is 0.225 e. The Morgan fingerprint density at radius 2 is 2.35 bits per heavy atom. The second kappa shape index (κ2) is 5.79. The van der Waals surface area contributed by atoms with Gasteiger partial charge in [-0.15, -0.1) is 11.3 Å². The van der Waals surface area contributed by atoms with Crippen LogP contribution in [-0.4, -0.2) is 34.7 Å². The molecule has 1 saturated carbocycles. The molecule has 1 aliphatic carbocycles. The summed E-state index contributed by atoms with van der Waals surface area (Å²) in [7, 11) is 0. The molecule has 1 aromatic heterocycles. The first-order chi connectivity index (χ1) is 9.36. The number of rotatable bonds is 5. The Kier molecular flexibility index (Phi) is 4.46. The maximum absolute atomic E-state index is 11.5. The lowest BCUT2D eigenvalue weighted by molar-refractivity contribution is -0.116. The molecule has 1 aromatic rings. The molecule has 6 heteroatoms. The van der Waals surface area contributed by atoms with Gasteiger partial charge in [0, 0.05) is 36.9 Å². The normalized spacial score (nSPS) is 24.2. The summed E-state index contributed by atoms with van der Waals surface area (Å²) in [6, 6.07) is 0.317. The first-order valence-electron chi connectivity index (χ1n) is 7.00. The minimum atomic E-state index is -0.223. The van der Waals surface area contributed by atoms with Gasteiger partial charge in [-0.05, 0) is 13.3 Å². The standard InChI is InChI=1S/C14H23N3O2S/c1-5-17(9(2)18)13-16-10(8-20-13)7-15-11-6-12(19)14(11,3)4/h8,11-12,15,19H,5-7H2,1-4H3. The Morgan fingerprint density at radius 3 is 2.85 bits per heavy atom. The van der Waals surface area contributed by atoms with Crippen molar-refractivity contribution in [1.29, 1.82) is 0 Å². The zero-order valence-electron chi connectivity index (χ0n) is 12.5. The van der Waals surface area contributed by atoms with Crippen LogP contribution in [0.25, 0.3) is 0 Å². The molecule has 112 valence electrons. The zero-order valence-corrected chi connectivity index (χ0v) is 13.3. The monoisotopic (exact) mass is 297 g/mol. The second-order valence-electron chi connectivity index (χ2n) is 5.89. The Morgan fingerprint density at radius 1 is 1.65 bits per heavy atom. The molecule has 0 aromatic carbocycles. The molecular weight excluding hydrogens is 274 g/mol. The van der Waals surface area contributed by atoms with E-state index in [0.717, 1.165) is 17.2 Å². The van der Waals surface area contributed by atoms with Crippen molar-refractivity contribution in [3.05, 3.63) is 11.1 Å². The Labute approximate surface area is 124 Å². The highest BCUT2D eigenvalue weighted by Crippen LogP contribution is 2.40. The van der Waals surface area contributed by atoms with Crippen molar-refractivity contribution < 1.29 is 9.90 Å². The molecular formula is C14H23N3O2S. The van der Waals surface area contributed by atoms with Crippen molar-refractivity contribution in [3.8, 4) is 0 Å². The van der Waals surface area contributed by atoms with Crippen molar-refractivity contribution in [1.82, 2.24) is 10.3 Å². The maximum Gasteiger partial charge on any atom is 0.225 e. The number of nitrogens with one attached hydrogen (secondary N) is 1. The largest absolute Gasteiger partial charge is 0.392 e. The third kappa shape index (κ3) is 2.87. The van der Waals surface area contributed by atoms with Gasteiger partial charge < -0.3 is 10.4 Å². The van der Waals surface area contributed by atoms with Crippen LogP contribution >= 0.6 is 11.3 Å². The average molecular weight is 297 g/mol. The number of aliphatic hydroxyl groups is 1. The minimum absolute atomic E-state index is 0.0182. The summed E-state index contributed by atoms with van der Waals surface area (Å²) < 4.78 is 0. The minimum Gasteiger partial charge on any atom is -0.392 e. The number of hydrogen-bond acceptors (Lipinski definition) is 5. The van der Waals surface area contributed by atoms with Crippen LogP contribution in [0.5, 0.6) is 0 Å². The Bertz CT molecular complexity index is 487. The number of thiazole rings is 1. The summed E-state index contributed by atoms with van der Waals surface area (Å²) in [5, 5.41) is 15.9. The third-order valence-electron chi connectivity index (χ3n) is 4.21. The van der Waals surface area contributed by atoms with Gasteiger partial charge in [0.1, 0.15) is 0 Å². The van der Waals surface area contributed by atoms with Crippen molar-refractivity contribution >= 4 is 22.4 Å². The zero-order chi connectivity index (χ0) is 14.9. The molecule has 1 fully saturated rings. The van der Waals surface area contributed by atoms with E-state index in [2.05, 4.69) is 24.1 Å². The lowest BCUT2D eigenvalue weighted by Gasteiger charge is -2.49. The number of amides is 1. The van der Waals surface area contributed by atoms with Crippen molar-refractivity contribution in [2.75, 3.05) is 11.4 Å². The fourth-order valence-corrected chi connectivity index (χ4v) is 3.40. The van der Waals surface area contributed by atoms with Crippen molar-refractivity contribution in [2.45, 2.75) is 52.8 Å². The van der Waals surface area contributed by atoms with Crippen LogP contribution < -0.4 is 10.2 Å². The number of hydrogen-bond donors (Lipinski definition) is 2. The van der Waals surface area contributed by atoms with E-state index in [1.165, 1.54) is 11.3 Å². The third-order valence-corrected chi connectivity index (χ3v) is 5.12. The van der Waals surface area contributed by atoms with Crippen LogP contribution in [-0.2, 0) is 11.3 Å². The molecule has 2 N–H and O–H groups in total. The van der Waals surface area contributed by atoms with E-state index in [9.17, 15) is 9.90 Å². The van der Waals surface area contributed by atoms with Gasteiger partial charge >= 0.3 is 0 Å². The van der Waals surface area contributed by atoms with E-state index < -0.39 is 0 Å². The number of anilines is 1. The maximum atomic E-state index is 11.5.